The quantitative estimate of drug-likeness (QED) is 0.706. The van der Waals surface area contributed by atoms with E-state index >= 15 is 0 Å². The summed E-state index contributed by atoms with van der Waals surface area (Å²) in [7, 11) is -3.31. The largest absolute Gasteiger partial charge is 0.492 e. The minimum Gasteiger partial charge on any atom is -0.492 e. The molecule has 3 rings (SSSR count). The fraction of sp³-hybridized carbons (Fsp3) is 0.389. The molecule has 1 aromatic heterocycles. The molecule has 1 aliphatic rings. The van der Waals surface area contributed by atoms with Crippen LogP contribution in [0.4, 0.5) is 11.4 Å². The second kappa shape index (κ2) is 8.20. The Morgan fingerprint density at radius 1 is 1.08 bits per heavy atom. The lowest BCUT2D eigenvalue weighted by molar-refractivity contribution is 0.333. The third kappa shape index (κ3) is 5.09. The molecule has 1 saturated carbocycles. The summed E-state index contributed by atoms with van der Waals surface area (Å²) in [6, 6.07) is 10.8. The SMILES string of the molecule is O=S(=O)(Nc1cccc(OCCNc2ccncc2)c1)C1CCCC1. The predicted octanol–water partition coefficient (Wildman–Crippen LogP) is 3.26. The van der Waals surface area contributed by atoms with Gasteiger partial charge in [-0.05, 0) is 37.1 Å². The van der Waals surface area contributed by atoms with Gasteiger partial charge in [0, 0.05) is 30.7 Å². The third-order valence-electron chi connectivity index (χ3n) is 4.22. The van der Waals surface area contributed by atoms with Gasteiger partial charge in [-0.2, -0.15) is 0 Å². The van der Waals surface area contributed by atoms with Gasteiger partial charge in [0.15, 0.2) is 0 Å². The second-order valence-electron chi connectivity index (χ2n) is 6.09. The van der Waals surface area contributed by atoms with E-state index in [1.807, 2.05) is 18.2 Å². The first-order chi connectivity index (χ1) is 12.1. The molecule has 2 N–H and O–H groups in total. The number of anilines is 2. The highest BCUT2D eigenvalue weighted by atomic mass is 32.2. The lowest BCUT2D eigenvalue weighted by Gasteiger charge is -2.14. The second-order valence-corrected chi connectivity index (χ2v) is 8.05. The average Bonchev–Trinajstić information content (AvgIpc) is 3.15. The number of sulfonamides is 1. The van der Waals surface area contributed by atoms with Crippen LogP contribution in [0.15, 0.2) is 48.8 Å². The van der Waals surface area contributed by atoms with Gasteiger partial charge in [0.2, 0.25) is 10.0 Å². The van der Waals surface area contributed by atoms with Gasteiger partial charge in [0.1, 0.15) is 12.4 Å². The highest BCUT2D eigenvalue weighted by molar-refractivity contribution is 7.93. The molecule has 1 aromatic carbocycles. The number of aromatic nitrogens is 1. The van der Waals surface area contributed by atoms with Crippen molar-refractivity contribution in [2.75, 3.05) is 23.2 Å². The Kier molecular flexibility index (Phi) is 5.75. The van der Waals surface area contributed by atoms with E-state index in [1.165, 1.54) is 0 Å². The molecule has 0 spiro atoms. The van der Waals surface area contributed by atoms with Crippen molar-refractivity contribution < 1.29 is 13.2 Å². The fourth-order valence-corrected chi connectivity index (χ4v) is 4.51. The Morgan fingerprint density at radius 2 is 1.84 bits per heavy atom. The summed E-state index contributed by atoms with van der Waals surface area (Å²) in [6.45, 7) is 1.11. The Morgan fingerprint density at radius 3 is 2.60 bits per heavy atom. The number of rotatable bonds is 8. The number of hydrogen-bond donors (Lipinski definition) is 2. The molecule has 0 unspecified atom stereocenters. The summed E-state index contributed by atoms with van der Waals surface area (Å²) < 4.78 is 33.1. The van der Waals surface area contributed by atoms with Crippen LogP contribution in [0.3, 0.4) is 0 Å². The van der Waals surface area contributed by atoms with Crippen LogP contribution in [0.5, 0.6) is 5.75 Å². The molecule has 2 aromatic rings. The van der Waals surface area contributed by atoms with Gasteiger partial charge in [-0.15, -0.1) is 0 Å². The number of nitrogens with one attached hydrogen (secondary N) is 2. The summed E-state index contributed by atoms with van der Waals surface area (Å²) in [6.07, 6.45) is 6.91. The molecule has 25 heavy (non-hydrogen) atoms. The molecule has 0 radical (unpaired) electrons. The van der Waals surface area contributed by atoms with Gasteiger partial charge in [0.05, 0.1) is 10.9 Å². The summed E-state index contributed by atoms with van der Waals surface area (Å²) >= 11 is 0. The molecule has 1 heterocycles. The van der Waals surface area contributed by atoms with Crippen molar-refractivity contribution >= 4 is 21.4 Å². The maximum absolute atomic E-state index is 12.4. The molecule has 1 aliphatic carbocycles. The molecule has 7 heteroatoms. The highest BCUT2D eigenvalue weighted by Gasteiger charge is 2.28. The van der Waals surface area contributed by atoms with E-state index in [0.29, 0.717) is 24.6 Å². The van der Waals surface area contributed by atoms with Crippen molar-refractivity contribution in [1.29, 1.82) is 0 Å². The van der Waals surface area contributed by atoms with Crippen molar-refractivity contribution in [3.63, 3.8) is 0 Å². The first-order valence-corrected chi connectivity index (χ1v) is 10.1. The minimum atomic E-state index is -3.31. The molecule has 1 fully saturated rings. The first-order valence-electron chi connectivity index (χ1n) is 8.52. The van der Waals surface area contributed by atoms with Crippen LogP contribution in [0.2, 0.25) is 0 Å². The molecule has 6 nitrogen and oxygen atoms in total. The molecule has 0 bridgehead atoms. The van der Waals surface area contributed by atoms with Gasteiger partial charge in [-0.1, -0.05) is 18.9 Å². The van der Waals surface area contributed by atoms with E-state index in [2.05, 4.69) is 15.0 Å². The van der Waals surface area contributed by atoms with Crippen molar-refractivity contribution in [3.05, 3.63) is 48.8 Å². The van der Waals surface area contributed by atoms with E-state index in [-0.39, 0.29) is 5.25 Å². The van der Waals surface area contributed by atoms with E-state index < -0.39 is 10.0 Å². The standard InChI is InChI=1S/C18H23N3O3S/c22-25(23,18-6-1-2-7-18)21-16-4-3-5-17(14-16)24-13-12-20-15-8-10-19-11-9-15/h3-5,8-11,14,18,21H,1-2,6-7,12-13H2,(H,19,20). The molecule has 134 valence electrons. The zero-order valence-electron chi connectivity index (χ0n) is 14.0. The Hall–Kier alpha value is -2.28. The van der Waals surface area contributed by atoms with Crippen LogP contribution < -0.4 is 14.8 Å². The van der Waals surface area contributed by atoms with Crippen LogP contribution in [0, 0.1) is 0 Å². The maximum atomic E-state index is 12.4. The van der Waals surface area contributed by atoms with Gasteiger partial charge >= 0.3 is 0 Å². The first kappa shape index (κ1) is 17.5. The Bertz CT molecular complexity index is 775. The fourth-order valence-electron chi connectivity index (χ4n) is 2.93. The van der Waals surface area contributed by atoms with Crippen LogP contribution in [0.25, 0.3) is 0 Å². The maximum Gasteiger partial charge on any atom is 0.235 e. The zero-order valence-corrected chi connectivity index (χ0v) is 14.8. The number of nitrogens with zero attached hydrogens (tertiary/aromatic N) is 1. The summed E-state index contributed by atoms with van der Waals surface area (Å²) in [5.41, 5.74) is 1.53. The number of ether oxygens (including phenoxy) is 1. The highest BCUT2D eigenvalue weighted by Crippen LogP contribution is 2.27. The Balaban J connectivity index is 1.51. The van der Waals surface area contributed by atoms with Crippen molar-refractivity contribution in [2.24, 2.45) is 0 Å². The lowest BCUT2D eigenvalue weighted by Crippen LogP contribution is -2.25. The predicted molar refractivity (Wildman–Crippen MR) is 99.5 cm³/mol. The number of pyridine rings is 1. The number of benzene rings is 1. The van der Waals surface area contributed by atoms with E-state index in [9.17, 15) is 8.42 Å². The van der Waals surface area contributed by atoms with Crippen molar-refractivity contribution in [1.82, 2.24) is 4.98 Å². The molecule has 0 amide bonds. The minimum absolute atomic E-state index is 0.276. The van der Waals surface area contributed by atoms with Crippen LogP contribution in [-0.2, 0) is 10.0 Å². The molecule has 0 saturated heterocycles. The van der Waals surface area contributed by atoms with Gasteiger partial charge in [-0.25, -0.2) is 8.42 Å². The van der Waals surface area contributed by atoms with E-state index in [4.69, 9.17) is 4.74 Å². The third-order valence-corrected chi connectivity index (χ3v) is 6.08. The van der Waals surface area contributed by atoms with Crippen LogP contribution in [-0.4, -0.2) is 31.8 Å². The molecule has 0 atom stereocenters. The van der Waals surface area contributed by atoms with Crippen molar-refractivity contribution in [2.45, 2.75) is 30.9 Å². The molecule has 0 aliphatic heterocycles. The topological polar surface area (TPSA) is 80.3 Å². The Labute approximate surface area is 148 Å². The molecular weight excluding hydrogens is 338 g/mol. The normalized spacial score (nSPS) is 15.0. The number of hydrogen-bond acceptors (Lipinski definition) is 5. The van der Waals surface area contributed by atoms with Gasteiger partial charge in [-0.3, -0.25) is 9.71 Å². The van der Waals surface area contributed by atoms with E-state index in [0.717, 1.165) is 31.4 Å². The van der Waals surface area contributed by atoms with E-state index in [1.54, 1.807) is 30.6 Å². The van der Waals surface area contributed by atoms with Crippen LogP contribution >= 0.6 is 0 Å². The summed E-state index contributed by atoms with van der Waals surface area (Å²) in [5.74, 6) is 0.642. The van der Waals surface area contributed by atoms with Crippen molar-refractivity contribution in [3.8, 4) is 5.75 Å². The van der Waals surface area contributed by atoms with Gasteiger partial charge < -0.3 is 10.1 Å². The molecular formula is C18H23N3O3S. The smallest absolute Gasteiger partial charge is 0.235 e. The lowest BCUT2D eigenvalue weighted by atomic mass is 10.3. The summed E-state index contributed by atoms with van der Waals surface area (Å²) in [5, 5.41) is 2.95. The average molecular weight is 361 g/mol. The van der Waals surface area contributed by atoms with Crippen LogP contribution in [0.1, 0.15) is 25.7 Å². The van der Waals surface area contributed by atoms with Gasteiger partial charge in [0.25, 0.3) is 0 Å². The zero-order chi connectivity index (χ0) is 17.5. The monoisotopic (exact) mass is 361 g/mol. The summed E-state index contributed by atoms with van der Waals surface area (Å²) in [4.78, 5) is 3.96.